The first-order valence-corrected chi connectivity index (χ1v) is 7.04. The Morgan fingerprint density at radius 2 is 1.71 bits per heavy atom. The highest BCUT2D eigenvalue weighted by Gasteiger charge is 2.19. The smallest absolute Gasteiger partial charge is 0.382 e. The van der Waals surface area contributed by atoms with Gasteiger partial charge in [-0.2, -0.15) is 0 Å². The second-order valence-electron chi connectivity index (χ2n) is 5.21. The quantitative estimate of drug-likeness (QED) is 0.586. The van der Waals surface area contributed by atoms with Crippen LogP contribution in [0.15, 0.2) is 52.9 Å². The molecule has 0 saturated heterocycles. The molecule has 3 aromatic rings. The summed E-state index contributed by atoms with van der Waals surface area (Å²) >= 11 is 0. The molecule has 0 radical (unpaired) electrons. The number of fused-ring (bicyclic) bond motifs is 1. The third-order valence-corrected chi connectivity index (χ3v) is 3.41. The standard InChI is InChI=1S/C18H12O6/c1-10-5-6-11-9-15(23-14(11)7-10)18(22)24-17(21)13-4-2-3-12(8-13)16(19)20/h2-9H,1H3,(H,19,20). The Bertz CT molecular complexity index is 967. The van der Waals surface area contributed by atoms with Crippen LogP contribution in [0.5, 0.6) is 0 Å². The van der Waals surface area contributed by atoms with Crippen LogP contribution in [0.3, 0.4) is 0 Å². The minimum absolute atomic E-state index is 0.0322. The van der Waals surface area contributed by atoms with E-state index in [0.29, 0.717) is 11.0 Å². The molecular formula is C18H12O6. The lowest BCUT2D eigenvalue weighted by Gasteiger charge is -2.02. The van der Waals surface area contributed by atoms with E-state index in [1.165, 1.54) is 24.3 Å². The molecule has 1 heterocycles. The zero-order valence-corrected chi connectivity index (χ0v) is 12.6. The Balaban J connectivity index is 1.81. The van der Waals surface area contributed by atoms with Crippen LogP contribution in [0.1, 0.15) is 36.8 Å². The van der Waals surface area contributed by atoms with Gasteiger partial charge in [-0.25, -0.2) is 14.4 Å². The number of carboxylic acid groups (broad SMARTS) is 1. The van der Waals surface area contributed by atoms with Crippen LogP contribution in [0.2, 0.25) is 0 Å². The number of ether oxygens (including phenoxy) is 1. The number of hydrogen-bond acceptors (Lipinski definition) is 5. The molecule has 0 aliphatic heterocycles. The van der Waals surface area contributed by atoms with Crippen LogP contribution >= 0.6 is 0 Å². The molecule has 0 spiro atoms. The summed E-state index contributed by atoms with van der Waals surface area (Å²) in [5, 5.41) is 9.64. The van der Waals surface area contributed by atoms with Gasteiger partial charge in [0, 0.05) is 5.39 Å². The molecule has 0 aliphatic carbocycles. The van der Waals surface area contributed by atoms with Gasteiger partial charge in [0.2, 0.25) is 5.76 Å². The summed E-state index contributed by atoms with van der Waals surface area (Å²) in [5.41, 5.74) is 1.38. The molecule has 3 rings (SSSR count). The molecular weight excluding hydrogens is 312 g/mol. The van der Waals surface area contributed by atoms with Crippen molar-refractivity contribution in [2.24, 2.45) is 0 Å². The third-order valence-electron chi connectivity index (χ3n) is 3.41. The van der Waals surface area contributed by atoms with Crippen molar-refractivity contribution in [2.75, 3.05) is 0 Å². The molecule has 6 heteroatoms. The normalized spacial score (nSPS) is 10.5. The fourth-order valence-electron chi connectivity index (χ4n) is 2.21. The fourth-order valence-corrected chi connectivity index (χ4v) is 2.21. The second kappa shape index (κ2) is 6.00. The summed E-state index contributed by atoms with van der Waals surface area (Å²) in [6.45, 7) is 1.89. The predicted octanol–water partition coefficient (Wildman–Crippen LogP) is 3.44. The maximum Gasteiger partial charge on any atom is 0.382 e. The monoisotopic (exact) mass is 324 g/mol. The molecule has 0 amide bonds. The average Bonchev–Trinajstić information content (AvgIpc) is 2.98. The molecule has 1 N–H and O–H groups in total. The van der Waals surface area contributed by atoms with Crippen molar-refractivity contribution in [2.45, 2.75) is 6.92 Å². The minimum atomic E-state index is -1.18. The summed E-state index contributed by atoms with van der Waals surface area (Å²) < 4.78 is 10.1. The number of hydrogen-bond donors (Lipinski definition) is 1. The molecule has 0 atom stereocenters. The molecule has 2 aromatic carbocycles. The van der Waals surface area contributed by atoms with Gasteiger partial charge in [0.15, 0.2) is 0 Å². The van der Waals surface area contributed by atoms with E-state index < -0.39 is 17.9 Å². The van der Waals surface area contributed by atoms with Gasteiger partial charge in [-0.05, 0) is 42.8 Å². The molecule has 0 fully saturated rings. The van der Waals surface area contributed by atoms with Crippen molar-refractivity contribution in [1.29, 1.82) is 0 Å². The van der Waals surface area contributed by atoms with Crippen LogP contribution in [0, 0.1) is 6.92 Å². The van der Waals surface area contributed by atoms with Crippen LogP contribution in [-0.4, -0.2) is 23.0 Å². The van der Waals surface area contributed by atoms with E-state index in [1.54, 1.807) is 12.1 Å². The lowest BCUT2D eigenvalue weighted by Crippen LogP contribution is -2.13. The van der Waals surface area contributed by atoms with Gasteiger partial charge in [0.1, 0.15) is 5.58 Å². The van der Waals surface area contributed by atoms with Crippen molar-refractivity contribution >= 4 is 28.9 Å². The van der Waals surface area contributed by atoms with E-state index in [9.17, 15) is 14.4 Å². The number of aryl methyl sites for hydroxylation is 1. The van der Waals surface area contributed by atoms with E-state index in [2.05, 4.69) is 0 Å². The highest BCUT2D eigenvalue weighted by molar-refractivity contribution is 6.03. The summed E-state index contributed by atoms with van der Waals surface area (Å²) in [6, 6.07) is 12.2. The topological polar surface area (TPSA) is 93.8 Å². The summed E-state index contributed by atoms with van der Waals surface area (Å²) in [6.07, 6.45) is 0. The Kier molecular flexibility index (Phi) is 3.87. The molecule has 6 nitrogen and oxygen atoms in total. The van der Waals surface area contributed by atoms with Gasteiger partial charge in [-0.15, -0.1) is 0 Å². The number of furan rings is 1. The van der Waals surface area contributed by atoms with Gasteiger partial charge < -0.3 is 14.3 Å². The summed E-state index contributed by atoms with van der Waals surface area (Å²) in [4.78, 5) is 35.0. The summed E-state index contributed by atoms with van der Waals surface area (Å²) in [5.74, 6) is -3.16. The van der Waals surface area contributed by atoms with Gasteiger partial charge in [-0.3, -0.25) is 0 Å². The number of aromatic carboxylic acids is 1. The Hall–Kier alpha value is -3.41. The number of benzene rings is 2. The minimum Gasteiger partial charge on any atom is -0.478 e. The van der Waals surface area contributed by atoms with Crippen molar-refractivity contribution in [1.82, 2.24) is 0 Å². The van der Waals surface area contributed by atoms with E-state index >= 15 is 0 Å². The van der Waals surface area contributed by atoms with Gasteiger partial charge in [0.05, 0.1) is 11.1 Å². The number of rotatable bonds is 3. The zero-order chi connectivity index (χ0) is 17.3. The molecule has 24 heavy (non-hydrogen) atoms. The van der Waals surface area contributed by atoms with Gasteiger partial charge >= 0.3 is 17.9 Å². The molecule has 0 bridgehead atoms. The third kappa shape index (κ3) is 3.03. The van der Waals surface area contributed by atoms with Crippen LogP contribution in [0.25, 0.3) is 11.0 Å². The first-order chi connectivity index (χ1) is 11.4. The maximum absolute atomic E-state index is 12.0. The summed E-state index contributed by atoms with van der Waals surface area (Å²) in [7, 11) is 0. The molecule has 120 valence electrons. The van der Waals surface area contributed by atoms with Crippen LogP contribution in [0.4, 0.5) is 0 Å². The van der Waals surface area contributed by atoms with E-state index in [4.69, 9.17) is 14.3 Å². The number of carboxylic acids is 1. The first kappa shape index (κ1) is 15.5. The second-order valence-corrected chi connectivity index (χ2v) is 5.21. The van der Waals surface area contributed by atoms with E-state index in [1.807, 2.05) is 13.0 Å². The van der Waals surface area contributed by atoms with Crippen molar-refractivity contribution in [3.05, 3.63) is 71.0 Å². The first-order valence-electron chi connectivity index (χ1n) is 7.04. The lowest BCUT2D eigenvalue weighted by molar-refractivity contribution is 0.0377. The van der Waals surface area contributed by atoms with E-state index in [0.717, 1.165) is 11.6 Å². The number of carbonyl (C=O) groups is 3. The zero-order valence-electron chi connectivity index (χ0n) is 12.6. The lowest BCUT2D eigenvalue weighted by atomic mass is 10.1. The Labute approximate surface area is 136 Å². The Morgan fingerprint density at radius 1 is 0.958 bits per heavy atom. The van der Waals surface area contributed by atoms with Crippen molar-refractivity contribution in [3.63, 3.8) is 0 Å². The largest absolute Gasteiger partial charge is 0.478 e. The van der Waals surface area contributed by atoms with Crippen molar-refractivity contribution in [3.8, 4) is 0 Å². The van der Waals surface area contributed by atoms with E-state index in [-0.39, 0.29) is 16.9 Å². The average molecular weight is 324 g/mol. The highest BCUT2D eigenvalue weighted by atomic mass is 16.6. The maximum atomic E-state index is 12.0. The molecule has 0 unspecified atom stereocenters. The van der Waals surface area contributed by atoms with Gasteiger partial charge in [0.25, 0.3) is 0 Å². The number of carbonyl (C=O) groups excluding carboxylic acids is 2. The SMILES string of the molecule is Cc1ccc2cc(C(=O)OC(=O)c3cccc(C(=O)O)c3)oc2c1. The highest BCUT2D eigenvalue weighted by Crippen LogP contribution is 2.21. The molecule has 1 aromatic heterocycles. The predicted molar refractivity (Wildman–Crippen MR) is 84.1 cm³/mol. The number of esters is 2. The van der Waals surface area contributed by atoms with Gasteiger partial charge in [-0.1, -0.05) is 18.2 Å². The van der Waals surface area contributed by atoms with Crippen LogP contribution < -0.4 is 0 Å². The van der Waals surface area contributed by atoms with Crippen LogP contribution in [-0.2, 0) is 4.74 Å². The molecule has 0 aliphatic rings. The Morgan fingerprint density at radius 3 is 2.46 bits per heavy atom. The fraction of sp³-hybridized carbons (Fsp3) is 0.0556. The van der Waals surface area contributed by atoms with Crippen molar-refractivity contribution < 1.29 is 28.6 Å². The molecule has 0 saturated carbocycles.